The van der Waals surface area contributed by atoms with Crippen LogP contribution < -0.4 is 4.90 Å². The minimum Gasteiger partial charge on any atom is -0.385 e. The number of anilines is 1. The van der Waals surface area contributed by atoms with E-state index in [4.69, 9.17) is 4.74 Å². The van der Waals surface area contributed by atoms with E-state index in [-0.39, 0.29) is 24.2 Å². The lowest BCUT2D eigenvalue weighted by molar-refractivity contribution is -0.137. The molecule has 3 fully saturated rings. The zero-order valence-electron chi connectivity index (χ0n) is 20.2. The Morgan fingerprint density at radius 3 is 2.94 bits per heavy atom. The van der Waals surface area contributed by atoms with E-state index in [2.05, 4.69) is 15.1 Å². The second kappa shape index (κ2) is 10.4. The van der Waals surface area contributed by atoms with Gasteiger partial charge >= 0.3 is 0 Å². The fourth-order valence-electron chi connectivity index (χ4n) is 6.26. The predicted octanol–water partition coefficient (Wildman–Crippen LogP) is 3.05. The maximum absolute atomic E-state index is 13.8. The number of rotatable bonds is 8. The quantitative estimate of drug-likeness (QED) is 0.604. The van der Waals surface area contributed by atoms with Gasteiger partial charge in [0.2, 0.25) is 11.8 Å². The number of aromatic nitrogens is 2. The highest BCUT2D eigenvalue weighted by atomic mass is 16.5. The number of carbonyl (C=O) groups excluding carboxylic acids is 2. The van der Waals surface area contributed by atoms with Gasteiger partial charge in [0.05, 0.1) is 11.4 Å². The maximum atomic E-state index is 13.8. The molecular formula is C26H37N5O3. The molecule has 184 valence electrons. The molecule has 5 rings (SSSR count). The van der Waals surface area contributed by atoms with Crippen LogP contribution in [0.5, 0.6) is 0 Å². The SMILES string of the molecule is COCCCN(C[C@@H]1CCCN2CCCC[C@H]12)C(=O)[C@H]1CC(=O)N(c2n[nH]c3ccccc23)C1. The molecule has 0 radical (unpaired) electrons. The number of fused-ring (bicyclic) bond motifs is 2. The molecule has 0 spiro atoms. The Morgan fingerprint density at radius 2 is 2.06 bits per heavy atom. The zero-order chi connectivity index (χ0) is 23.5. The van der Waals surface area contributed by atoms with Gasteiger partial charge in [0.25, 0.3) is 0 Å². The van der Waals surface area contributed by atoms with Crippen molar-refractivity contribution in [3.05, 3.63) is 24.3 Å². The first-order valence-electron chi connectivity index (χ1n) is 12.9. The summed E-state index contributed by atoms with van der Waals surface area (Å²) in [6.07, 6.45) is 7.29. The van der Waals surface area contributed by atoms with Crippen LogP contribution in [0.3, 0.4) is 0 Å². The molecule has 8 heteroatoms. The summed E-state index contributed by atoms with van der Waals surface area (Å²) in [6.45, 7) is 4.91. The molecule has 34 heavy (non-hydrogen) atoms. The van der Waals surface area contributed by atoms with Crippen molar-refractivity contribution in [3.8, 4) is 0 Å². The van der Waals surface area contributed by atoms with Gasteiger partial charge in [-0.3, -0.25) is 19.6 Å². The van der Waals surface area contributed by atoms with Gasteiger partial charge in [-0.1, -0.05) is 18.6 Å². The Balaban J connectivity index is 1.30. The second-order valence-electron chi connectivity index (χ2n) is 10.1. The number of H-pyrrole nitrogens is 1. The Bertz CT molecular complexity index is 1010. The van der Waals surface area contributed by atoms with Crippen molar-refractivity contribution in [2.75, 3.05) is 51.3 Å². The van der Waals surface area contributed by atoms with E-state index in [0.717, 1.165) is 23.9 Å². The van der Waals surface area contributed by atoms with Gasteiger partial charge in [0.1, 0.15) is 0 Å². The summed E-state index contributed by atoms with van der Waals surface area (Å²) in [5.74, 6) is 0.913. The van der Waals surface area contributed by atoms with E-state index in [1.807, 2.05) is 29.2 Å². The molecule has 1 aromatic heterocycles. The van der Waals surface area contributed by atoms with E-state index < -0.39 is 0 Å². The maximum Gasteiger partial charge on any atom is 0.229 e. The van der Waals surface area contributed by atoms with Crippen molar-refractivity contribution < 1.29 is 14.3 Å². The van der Waals surface area contributed by atoms with E-state index >= 15 is 0 Å². The summed E-state index contributed by atoms with van der Waals surface area (Å²) < 4.78 is 5.28. The number of carbonyl (C=O) groups is 2. The van der Waals surface area contributed by atoms with Gasteiger partial charge in [-0.05, 0) is 63.2 Å². The lowest BCUT2D eigenvalue weighted by atomic mass is 9.83. The molecule has 2 amide bonds. The number of methoxy groups -OCH3 is 1. The van der Waals surface area contributed by atoms with Crippen molar-refractivity contribution in [1.82, 2.24) is 20.0 Å². The van der Waals surface area contributed by atoms with Crippen LogP contribution >= 0.6 is 0 Å². The minimum absolute atomic E-state index is 0.0245. The average molecular weight is 468 g/mol. The molecule has 4 heterocycles. The van der Waals surface area contributed by atoms with Crippen LogP contribution in [0.2, 0.25) is 0 Å². The van der Waals surface area contributed by atoms with Crippen molar-refractivity contribution >= 4 is 28.5 Å². The summed E-state index contributed by atoms with van der Waals surface area (Å²) in [7, 11) is 1.70. The van der Waals surface area contributed by atoms with Crippen molar-refractivity contribution in [2.24, 2.45) is 11.8 Å². The largest absolute Gasteiger partial charge is 0.385 e. The van der Waals surface area contributed by atoms with Crippen LogP contribution in [0.4, 0.5) is 5.82 Å². The minimum atomic E-state index is -0.323. The first kappa shape index (κ1) is 23.3. The monoisotopic (exact) mass is 467 g/mol. The van der Waals surface area contributed by atoms with Crippen LogP contribution in [-0.4, -0.2) is 84.3 Å². The summed E-state index contributed by atoms with van der Waals surface area (Å²) in [4.78, 5) is 33.1. The highest BCUT2D eigenvalue weighted by Crippen LogP contribution is 2.33. The van der Waals surface area contributed by atoms with Crippen LogP contribution in [0.15, 0.2) is 24.3 Å². The molecule has 0 aliphatic carbocycles. The number of aromatic amines is 1. The molecule has 8 nitrogen and oxygen atoms in total. The Hall–Kier alpha value is -2.45. The number of benzene rings is 1. The fourth-order valence-corrected chi connectivity index (χ4v) is 6.26. The number of para-hydroxylation sites is 1. The zero-order valence-corrected chi connectivity index (χ0v) is 20.2. The van der Waals surface area contributed by atoms with E-state index in [0.29, 0.717) is 37.5 Å². The lowest BCUT2D eigenvalue weighted by Crippen LogP contribution is -2.52. The third-order valence-electron chi connectivity index (χ3n) is 7.95. The Kier molecular flexibility index (Phi) is 7.15. The molecule has 0 saturated carbocycles. The molecule has 1 N–H and O–H groups in total. The third-order valence-corrected chi connectivity index (χ3v) is 7.95. The number of nitrogens with zero attached hydrogens (tertiary/aromatic N) is 4. The van der Waals surface area contributed by atoms with Gasteiger partial charge in [-0.15, -0.1) is 0 Å². The molecule has 3 atom stereocenters. The van der Waals surface area contributed by atoms with Crippen LogP contribution in [0.25, 0.3) is 10.9 Å². The predicted molar refractivity (Wildman–Crippen MR) is 132 cm³/mol. The number of nitrogens with one attached hydrogen (secondary N) is 1. The number of piperidine rings is 2. The summed E-state index contributed by atoms with van der Waals surface area (Å²) in [5.41, 5.74) is 0.899. The molecule has 2 aromatic rings. The summed E-state index contributed by atoms with van der Waals surface area (Å²) >= 11 is 0. The number of hydrogen-bond donors (Lipinski definition) is 1. The first-order valence-corrected chi connectivity index (χ1v) is 12.9. The molecule has 0 unspecified atom stereocenters. The Morgan fingerprint density at radius 1 is 1.21 bits per heavy atom. The van der Waals surface area contributed by atoms with Gasteiger partial charge in [-0.2, -0.15) is 5.10 Å². The van der Waals surface area contributed by atoms with Crippen LogP contribution in [-0.2, 0) is 14.3 Å². The first-order chi connectivity index (χ1) is 16.7. The molecule has 1 aromatic carbocycles. The van der Waals surface area contributed by atoms with E-state index in [1.54, 1.807) is 12.0 Å². The van der Waals surface area contributed by atoms with Gasteiger partial charge in [-0.25, -0.2) is 0 Å². The standard InChI is InChI=1S/C26H37N5O3/c1-34-15-7-14-30(17-19-8-6-13-29-12-5-4-11-23(19)29)26(33)20-16-24(32)31(18-20)25-21-9-2-3-10-22(21)27-28-25/h2-3,9-10,19-20,23H,4-8,11-18H2,1H3,(H,27,28)/t19-,20-,23+/m0/s1. The molecule has 3 aliphatic heterocycles. The van der Waals surface area contributed by atoms with Crippen LogP contribution in [0, 0.1) is 11.8 Å². The second-order valence-corrected chi connectivity index (χ2v) is 10.1. The van der Waals surface area contributed by atoms with E-state index in [9.17, 15) is 9.59 Å². The molecule has 0 bridgehead atoms. The summed E-state index contributed by atoms with van der Waals surface area (Å²) in [6, 6.07) is 8.40. The molecule has 3 saturated heterocycles. The Labute approximate surface area is 201 Å². The van der Waals surface area contributed by atoms with E-state index in [1.165, 1.54) is 45.2 Å². The molecule has 3 aliphatic rings. The highest BCUT2D eigenvalue weighted by Gasteiger charge is 2.40. The normalized spacial score (nSPS) is 25.6. The molecular weight excluding hydrogens is 430 g/mol. The van der Waals surface area contributed by atoms with Crippen molar-refractivity contribution in [1.29, 1.82) is 0 Å². The number of amides is 2. The van der Waals surface area contributed by atoms with Gasteiger partial charge in [0, 0.05) is 51.2 Å². The average Bonchev–Trinajstić information content (AvgIpc) is 3.46. The van der Waals surface area contributed by atoms with Crippen molar-refractivity contribution in [3.63, 3.8) is 0 Å². The van der Waals surface area contributed by atoms with Crippen LogP contribution in [0.1, 0.15) is 44.9 Å². The smallest absolute Gasteiger partial charge is 0.229 e. The number of ether oxygens (including phenoxy) is 1. The highest BCUT2D eigenvalue weighted by molar-refractivity contribution is 6.05. The van der Waals surface area contributed by atoms with Gasteiger partial charge in [0.15, 0.2) is 5.82 Å². The fraction of sp³-hybridized carbons (Fsp3) is 0.654. The van der Waals surface area contributed by atoms with Gasteiger partial charge < -0.3 is 14.5 Å². The summed E-state index contributed by atoms with van der Waals surface area (Å²) in [5, 5.41) is 8.33. The lowest BCUT2D eigenvalue weighted by Gasteiger charge is -2.46. The van der Waals surface area contributed by atoms with Crippen molar-refractivity contribution in [2.45, 2.75) is 51.0 Å². The number of hydrogen-bond acceptors (Lipinski definition) is 5. The topological polar surface area (TPSA) is 81.8 Å². The third kappa shape index (κ3) is 4.70.